The second kappa shape index (κ2) is 5.48. The lowest BCUT2D eigenvalue weighted by atomic mass is 10.1. The minimum Gasteiger partial charge on any atom is -0.370 e. The van der Waals surface area contributed by atoms with Gasteiger partial charge < -0.3 is 11.1 Å². The Balaban J connectivity index is 2.32. The van der Waals surface area contributed by atoms with Crippen LogP contribution < -0.4 is 11.1 Å². The van der Waals surface area contributed by atoms with E-state index in [1.54, 1.807) is 24.3 Å². The Kier molecular flexibility index (Phi) is 3.75. The van der Waals surface area contributed by atoms with Gasteiger partial charge in [0.25, 0.3) is 0 Å². The van der Waals surface area contributed by atoms with Crippen molar-refractivity contribution in [1.82, 2.24) is 0 Å². The number of primary amides is 1. The van der Waals surface area contributed by atoms with Crippen molar-refractivity contribution >= 4 is 11.6 Å². The molecule has 0 aliphatic heterocycles. The van der Waals surface area contributed by atoms with E-state index >= 15 is 0 Å². The molecule has 0 saturated carbocycles. The fourth-order valence-corrected chi connectivity index (χ4v) is 1.76. The van der Waals surface area contributed by atoms with Crippen LogP contribution in [-0.4, -0.2) is 5.91 Å². The van der Waals surface area contributed by atoms with Crippen LogP contribution >= 0.6 is 0 Å². The van der Waals surface area contributed by atoms with Gasteiger partial charge >= 0.3 is 0 Å². The zero-order valence-corrected chi connectivity index (χ0v) is 9.94. The minimum absolute atomic E-state index is 0.147. The molecule has 0 bridgehead atoms. The number of hydrogen-bond donors (Lipinski definition) is 2. The zero-order valence-electron chi connectivity index (χ0n) is 9.94. The average molecular weight is 262 g/mol. The van der Waals surface area contributed by atoms with Crippen molar-refractivity contribution in [3.8, 4) is 0 Å². The monoisotopic (exact) mass is 262 g/mol. The summed E-state index contributed by atoms with van der Waals surface area (Å²) >= 11 is 0. The van der Waals surface area contributed by atoms with Crippen LogP contribution in [0, 0.1) is 11.6 Å². The van der Waals surface area contributed by atoms with Crippen molar-refractivity contribution in [3.63, 3.8) is 0 Å². The maximum absolute atomic E-state index is 13.2. The predicted molar refractivity (Wildman–Crippen MR) is 68.4 cm³/mol. The van der Waals surface area contributed by atoms with Crippen LogP contribution in [0.2, 0.25) is 0 Å². The van der Waals surface area contributed by atoms with Crippen molar-refractivity contribution in [2.75, 3.05) is 5.32 Å². The summed E-state index contributed by atoms with van der Waals surface area (Å²) in [6.07, 6.45) is 0. The van der Waals surface area contributed by atoms with E-state index in [2.05, 4.69) is 5.32 Å². The lowest BCUT2D eigenvalue weighted by Crippen LogP contribution is -2.27. The van der Waals surface area contributed by atoms with Gasteiger partial charge in [0, 0.05) is 11.8 Å². The molecule has 2 aromatic rings. The molecule has 2 aromatic carbocycles. The van der Waals surface area contributed by atoms with Crippen LogP contribution in [0.25, 0.3) is 0 Å². The molecule has 2 rings (SSSR count). The third-order valence-electron chi connectivity index (χ3n) is 2.59. The fraction of sp³-hybridized carbons (Fsp3) is 0.0714. The van der Waals surface area contributed by atoms with Gasteiger partial charge in [-0.3, -0.25) is 4.79 Å². The summed E-state index contributed by atoms with van der Waals surface area (Å²) in [5, 5.41) is 2.84. The third-order valence-corrected chi connectivity index (χ3v) is 2.59. The van der Waals surface area contributed by atoms with Crippen molar-refractivity contribution in [2.24, 2.45) is 5.73 Å². The van der Waals surface area contributed by atoms with Gasteiger partial charge in [0.15, 0.2) is 0 Å². The summed E-state index contributed by atoms with van der Waals surface area (Å²) < 4.78 is 26.3. The molecule has 0 saturated heterocycles. The molecule has 1 atom stereocenters. The minimum atomic E-state index is -0.993. The number of anilines is 1. The number of amides is 1. The maximum atomic E-state index is 13.2. The molecule has 0 aliphatic carbocycles. The van der Waals surface area contributed by atoms with Gasteiger partial charge in [-0.15, -0.1) is 0 Å². The zero-order chi connectivity index (χ0) is 13.8. The highest BCUT2D eigenvalue weighted by molar-refractivity contribution is 5.84. The molecule has 0 aliphatic rings. The van der Waals surface area contributed by atoms with Gasteiger partial charge in [0.05, 0.1) is 0 Å². The Hall–Kier alpha value is -2.43. The number of nitrogens with one attached hydrogen (secondary N) is 1. The number of rotatable bonds is 4. The summed E-state index contributed by atoms with van der Waals surface area (Å²) in [4.78, 5) is 11.4. The second-order valence-electron chi connectivity index (χ2n) is 4.05. The highest BCUT2D eigenvalue weighted by Crippen LogP contribution is 2.21. The highest BCUT2D eigenvalue weighted by atomic mass is 19.1. The standard InChI is InChI=1S/C14H12F2N2O/c15-10-6-9(7-11(16)8-10)13(14(17)19)18-12-4-2-1-3-5-12/h1-8,13,18H,(H2,17,19). The summed E-state index contributed by atoms with van der Waals surface area (Å²) in [6, 6.07) is 10.7. The lowest BCUT2D eigenvalue weighted by molar-refractivity contribution is -0.118. The molecule has 0 fully saturated rings. The number of carbonyl (C=O) groups is 1. The first-order chi connectivity index (χ1) is 9.06. The van der Waals surface area contributed by atoms with Crippen LogP contribution in [-0.2, 0) is 4.79 Å². The van der Waals surface area contributed by atoms with Gasteiger partial charge in [-0.2, -0.15) is 0 Å². The first-order valence-corrected chi connectivity index (χ1v) is 5.63. The largest absolute Gasteiger partial charge is 0.370 e. The van der Waals surface area contributed by atoms with Gasteiger partial charge in [-0.25, -0.2) is 8.78 Å². The Morgan fingerprint density at radius 3 is 2.16 bits per heavy atom. The van der Waals surface area contributed by atoms with E-state index in [-0.39, 0.29) is 5.56 Å². The molecule has 5 heteroatoms. The fourth-order valence-electron chi connectivity index (χ4n) is 1.76. The van der Waals surface area contributed by atoms with Gasteiger partial charge in [0.1, 0.15) is 17.7 Å². The topological polar surface area (TPSA) is 55.1 Å². The van der Waals surface area contributed by atoms with Crippen molar-refractivity contribution in [2.45, 2.75) is 6.04 Å². The average Bonchev–Trinajstić information content (AvgIpc) is 2.35. The van der Waals surface area contributed by atoms with Crippen LogP contribution in [0.1, 0.15) is 11.6 Å². The Bertz CT molecular complexity index is 567. The summed E-state index contributed by atoms with van der Waals surface area (Å²) in [5.74, 6) is -2.22. The molecule has 0 radical (unpaired) electrons. The number of nitrogens with two attached hydrogens (primary N) is 1. The highest BCUT2D eigenvalue weighted by Gasteiger charge is 2.19. The molecule has 0 heterocycles. The Morgan fingerprint density at radius 2 is 1.63 bits per heavy atom. The lowest BCUT2D eigenvalue weighted by Gasteiger charge is -2.17. The Labute approximate surface area is 109 Å². The number of carbonyl (C=O) groups excluding carboxylic acids is 1. The summed E-state index contributed by atoms with van der Waals surface area (Å²) in [5.41, 5.74) is 6.05. The number of para-hydroxylation sites is 1. The molecule has 3 nitrogen and oxygen atoms in total. The molecule has 3 N–H and O–H groups in total. The second-order valence-corrected chi connectivity index (χ2v) is 4.05. The van der Waals surface area contributed by atoms with Crippen molar-refractivity contribution in [1.29, 1.82) is 0 Å². The third kappa shape index (κ3) is 3.28. The van der Waals surface area contributed by atoms with E-state index < -0.39 is 23.6 Å². The van der Waals surface area contributed by atoms with E-state index in [4.69, 9.17) is 5.73 Å². The Morgan fingerprint density at radius 1 is 1.05 bits per heavy atom. The molecule has 0 aromatic heterocycles. The van der Waals surface area contributed by atoms with Gasteiger partial charge in [-0.1, -0.05) is 18.2 Å². The molecule has 1 amide bonds. The van der Waals surface area contributed by atoms with Gasteiger partial charge in [0.2, 0.25) is 5.91 Å². The normalized spacial score (nSPS) is 11.9. The first-order valence-electron chi connectivity index (χ1n) is 5.63. The van der Waals surface area contributed by atoms with Crippen LogP contribution in [0.5, 0.6) is 0 Å². The smallest absolute Gasteiger partial charge is 0.244 e. The molecular formula is C14H12F2N2O. The number of benzene rings is 2. The molecule has 1 unspecified atom stereocenters. The molecular weight excluding hydrogens is 250 g/mol. The van der Waals surface area contributed by atoms with Crippen LogP contribution in [0.4, 0.5) is 14.5 Å². The molecule has 98 valence electrons. The maximum Gasteiger partial charge on any atom is 0.244 e. The quantitative estimate of drug-likeness (QED) is 0.889. The van der Waals surface area contributed by atoms with Crippen molar-refractivity contribution < 1.29 is 13.6 Å². The van der Waals surface area contributed by atoms with Crippen LogP contribution in [0.3, 0.4) is 0 Å². The SMILES string of the molecule is NC(=O)C(Nc1ccccc1)c1cc(F)cc(F)c1. The van der Waals surface area contributed by atoms with E-state index in [0.29, 0.717) is 5.69 Å². The summed E-state index contributed by atoms with van der Waals surface area (Å²) in [7, 11) is 0. The van der Waals surface area contributed by atoms with E-state index in [1.807, 2.05) is 6.07 Å². The first kappa shape index (κ1) is 13.0. The summed E-state index contributed by atoms with van der Waals surface area (Å²) in [6.45, 7) is 0. The van der Waals surface area contributed by atoms with E-state index in [0.717, 1.165) is 18.2 Å². The molecule has 19 heavy (non-hydrogen) atoms. The predicted octanol–water partition coefficient (Wildman–Crippen LogP) is 2.60. The molecule has 0 spiro atoms. The van der Waals surface area contributed by atoms with E-state index in [9.17, 15) is 13.6 Å². The van der Waals surface area contributed by atoms with Crippen molar-refractivity contribution in [3.05, 3.63) is 65.7 Å². The number of hydrogen-bond acceptors (Lipinski definition) is 2. The van der Waals surface area contributed by atoms with Gasteiger partial charge in [-0.05, 0) is 29.8 Å². The number of halogens is 2. The van der Waals surface area contributed by atoms with Crippen LogP contribution in [0.15, 0.2) is 48.5 Å². The van der Waals surface area contributed by atoms with E-state index in [1.165, 1.54) is 0 Å².